The molecule has 3 aromatic carbocycles. The maximum atomic E-state index is 9.99. The van der Waals surface area contributed by atoms with Crippen LogP contribution >= 0.6 is 0 Å². The molecule has 2 heterocycles. The Morgan fingerprint density at radius 2 is 1.39 bits per heavy atom. The van der Waals surface area contributed by atoms with Gasteiger partial charge in [-0.1, -0.05) is 97.4 Å². The molecule has 0 aliphatic carbocycles. The molecule has 1 aliphatic rings. The highest BCUT2D eigenvalue weighted by atomic mass is 16.5. The van der Waals surface area contributed by atoms with Gasteiger partial charge >= 0.3 is 0 Å². The van der Waals surface area contributed by atoms with Gasteiger partial charge < -0.3 is 14.9 Å². The van der Waals surface area contributed by atoms with E-state index in [-0.39, 0.29) is 12.8 Å². The zero-order valence-corrected chi connectivity index (χ0v) is 21.7. The van der Waals surface area contributed by atoms with Crippen LogP contribution in [0.25, 0.3) is 0 Å². The third kappa shape index (κ3) is 5.74. The first-order chi connectivity index (χ1) is 18.7. The van der Waals surface area contributed by atoms with Crippen molar-refractivity contribution in [1.82, 2.24) is 15.1 Å². The largest absolute Gasteiger partial charge is 0.394 e. The molecule has 198 valence electrons. The molecule has 0 bridgehead atoms. The molecular weight excluding hydrogens is 474 g/mol. The second kappa shape index (κ2) is 12.5. The van der Waals surface area contributed by atoms with Crippen LogP contribution in [-0.2, 0) is 16.7 Å². The highest BCUT2D eigenvalue weighted by Crippen LogP contribution is 2.36. The van der Waals surface area contributed by atoms with Gasteiger partial charge in [0, 0.05) is 12.6 Å². The normalized spacial score (nSPS) is 19.6. The van der Waals surface area contributed by atoms with Gasteiger partial charge in [-0.2, -0.15) is 5.10 Å². The van der Waals surface area contributed by atoms with Crippen LogP contribution in [0.4, 0.5) is 0 Å². The minimum Gasteiger partial charge on any atom is -0.394 e. The molecule has 1 saturated heterocycles. The highest BCUT2D eigenvalue weighted by Gasteiger charge is 2.36. The van der Waals surface area contributed by atoms with Gasteiger partial charge in [0.05, 0.1) is 23.9 Å². The fourth-order valence-corrected chi connectivity index (χ4v) is 5.47. The van der Waals surface area contributed by atoms with E-state index in [0.29, 0.717) is 6.42 Å². The number of ether oxygens (including phenoxy) is 1. The van der Waals surface area contributed by atoms with E-state index in [0.717, 1.165) is 37.9 Å². The molecular formula is C32H37N3O3. The molecule has 1 fully saturated rings. The summed E-state index contributed by atoms with van der Waals surface area (Å²) in [6.07, 6.45) is 4.92. The second-order valence-corrected chi connectivity index (χ2v) is 9.99. The first-order valence-electron chi connectivity index (χ1n) is 13.6. The third-order valence-corrected chi connectivity index (χ3v) is 7.46. The average Bonchev–Trinajstić information content (AvgIpc) is 3.60. The standard InChI is InChI=1S/C32H37N3O3/c36-24-30-29(37)23-31(38-30)35-22-20-28(34-35)19-11-4-12-21-33-32(25-13-5-1-6-14-25,26-15-7-2-8-16-26)27-17-9-3-10-18-27/h1-3,5-10,13-18,20,22,29-31,33,36-37H,4,11-12,19,21,23-24H2/t29-,30+,31+/m0/s1. The molecule has 1 aliphatic heterocycles. The lowest BCUT2D eigenvalue weighted by atomic mass is 9.77. The first-order valence-corrected chi connectivity index (χ1v) is 13.6. The Balaban J connectivity index is 1.21. The monoisotopic (exact) mass is 511 g/mol. The van der Waals surface area contributed by atoms with Crippen molar-refractivity contribution in [2.45, 2.75) is 56.1 Å². The van der Waals surface area contributed by atoms with E-state index in [2.05, 4.69) is 101 Å². The van der Waals surface area contributed by atoms with Crippen molar-refractivity contribution in [3.63, 3.8) is 0 Å². The summed E-state index contributed by atoms with van der Waals surface area (Å²) in [5.74, 6) is 0. The Bertz CT molecular complexity index is 1150. The SMILES string of the molecule is OC[C@H]1O[C@@H](n2ccc(CCCCCNC(c3ccccc3)(c3ccccc3)c3ccccc3)n2)C[C@@H]1O. The van der Waals surface area contributed by atoms with Crippen LogP contribution in [0.15, 0.2) is 103 Å². The fourth-order valence-electron chi connectivity index (χ4n) is 5.47. The Hall–Kier alpha value is -3.29. The summed E-state index contributed by atoms with van der Waals surface area (Å²) >= 11 is 0. The molecule has 3 N–H and O–H groups in total. The summed E-state index contributed by atoms with van der Waals surface area (Å²) in [5, 5.41) is 27.9. The smallest absolute Gasteiger partial charge is 0.153 e. The van der Waals surface area contributed by atoms with E-state index in [1.807, 2.05) is 12.3 Å². The van der Waals surface area contributed by atoms with E-state index in [9.17, 15) is 10.2 Å². The van der Waals surface area contributed by atoms with E-state index in [1.54, 1.807) is 4.68 Å². The van der Waals surface area contributed by atoms with Gasteiger partial charge in [0.1, 0.15) is 6.10 Å². The van der Waals surface area contributed by atoms with E-state index in [4.69, 9.17) is 4.74 Å². The van der Waals surface area contributed by atoms with Crippen LogP contribution in [-0.4, -0.2) is 45.4 Å². The van der Waals surface area contributed by atoms with E-state index < -0.39 is 17.7 Å². The number of benzene rings is 3. The van der Waals surface area contributed by atoms with Crippen molar-refractivity contribution in [1.29, 1.82) is 0 Å². The minimum atomic E-state index is -0.653. The molecule has 1 aromatic heterocycles. The topological polar surface area (TPSA) is 79.5 Å². The molecule has 0 spiro atoms. The molecule has 6 nitrogen and oxygen atoms in total. The molecule has 3 atom stereocenters. The van der Waals surface area contributed by atoms with Gasteiger partial charge in [0.25, 0.3) is 0 Å². The summed E-state index contributed by atoms with van der Waals surface area (Å²) < 4.78 is 7.48. The van der Waals surface area contributed by atoms with Crippen LogP contribution in [0, 0.1) is 0 Å². The van der Waals surface area contributed by atoms with Crippen LogP contribution in [0.1, 0.15) is 54.3 Å². The molecule has 5 rings (SSSR count). The number of aliphatic hydroxyl groups excluding tert-OH is 2. The molecule has 4 aromatic rings. The zero-order valence-electron chi connectivity index (χ0n) is 21.7. The Kier molecular flexibility index (Phi) is 8.66. The lowest BCUT2D eigenvalue weighted by Crippen LogP contribution is -2.45. The van der Waals surface area contributed by atoms with Gasteiger partial charge in [-0.15, -0.1) is 0 Å². The number of unbranched alkanes of at least 4 members (excludes halogenated alkanes) is 2. The Morgan fingerprint density at radius 1 is 0.816 bits per heavy atom. The van der Waals surface area contributed by atoms with Crippen molar-refractivity contribution >= 4 is 0 Å². The Labute approximate surface area is 224 Å². The van der Waals surface area contributed by atoms with Crippen LogP contribution in [0.2, 0.25) is 0 Å². The van der Waals surface area contributed by atoms with Gasteiger partial charge in [0.15, 0.2) is 6.23 Å². The molecule has 0 unspecified atom stereocenters. The number of aromatic nitrogens is 2. The predicted octanol–water partition coefficient (Wildman–Crippen LogP) is 4.82. The summed E-state index contributed by atoms with van der Waals surface area (Å²) in [5.41, 5.74) is 4.28. The number of hydrogen-bond donors (Lipinski definition) is 3. The Morgan fingerprint density at radius 3 is 1.92 bits per heavy atom. The number of hydrogen-bond acceptors (Lipinski definition) is 5. The molecule has 0 radical (unpaired) electrons. The summed E-state index contributed by atoms with van der Waals surface area (Å²) in [4.78, 5) is 0. The second-order valence-electron chi connectivity index (χ2n) is 9.99. The first kappa shape index (κ1) is 26.3. The predicted molar refractivity (Wildman–Crippen MR) is 149 cm³/mol. The number of rotatable bonds is 12. The number of nitrogens with zero attached hydrogens (tertiary/aromatic N) is 2. The maximum Gasteiger partial charge on any atom is 0.153 e. The van der Waals surface area contributed by atoms with Crippen molar-refractivity contribution in [3.05, 3.63) is 126 Å². The van der Waals surface area contributed by atoms with E-state index in [1.165, 1.54) is 16.7 Å². The molecule has 0 amide bonds. The van der Waals surface area contributed by atoms with Crippen LogP contribution in [0.5, 0.6) is 0 Å². The zero-order chi connectivity index (χ0) is 26.2. The van der Waals surface area contributed by atoms with Crippen LogP contribution < -0.4 is 5.32 Å². The minimum absolute atomic E-state index is 0.181. The van der Waals surface area contributed by atoms with Gasteiger partial charge in [-0.05, 0) is 48.6 Å². The maximum absolute atomic E-state index is 9.99. The summed E-state index contributed by atoms with van der Waals surface area (Å²) in [6.45, 7) is 0.698. The number of aryl methyl sites for hydroxylation is 1. The third-order valence-electron chi connectivity index (χ3n) is 7.46. The molecule has 0 saturated carbocycles. The quantitative estimate of drug-likeness (QED) is 0.188. The summed E-state index contributed by atoms with van der Waals surface area (Å²) in [7, 11) is 0. The number of aliphatic hydroxyl groups is 2. The molecule has 6 heteroatoms. The highest BCUT2D eigenvalue weighted by molar-refractivity contribution is 5.49. The van der Waals surface area contributed by atoms with E-state index >= 15 is 0 Å². The lowest BCUT2D eigenvalue weighted by Gasteiger charge is -2.37. The van der Waals surface area contributed by atoms with Crippen molar-refractivity contribution in [3.8, 4) is 0 Å². The van der Waals surface area contributed by atoms with Gasteiger partial charge in [0.2, 0.25) is 0 Å². The van der Waals surface area contributed by atoms with Crippen molar-refractivity contribution in [2.75, 3.05) is 13.2 Å². The summed E-state index contributed by atoms with van der Waals surface area (Å²) in [6, 6.07) is 34.1. The number of nitrogens with one attached hydrogen (secondary N) is 1. The lowest BCUT2D eigenvalue weighted by molar-refractivity contribution is -0.0485. The van der Waals surface area contributed by atoms with Crippen LogP contribution in [0.3, 0.4) is 0 Å². The fraction of sp³-hybridized carbons (Fsp3) is 0.344. The van der Waals surface area contributed by atoms with Crippen molar-refractivity contribution in [2.24, 2.45) is 0 Å². The van der Waals surface area contributed by atoms with Gasteiger partial charge in [-0.25, -0.2) is 4.68 Å². The van der Waals surface area contributed by atoms with Crippen molar-refractivity contribution < 1.29 is 14.9 Å². The molecule has 38 heavy (non-hydrogen) atoms. The average molecular weight is 512 g/mol. The van der Waals surface area contributed by atoms with Gasteiger partial charge in [-0.3, -0.25) is 5.32 Å².